The second kappa shape index (κ2) is 8.58. The summed E-state index contributed by atoms with van der Waals surface area (Å²) in [5.74, 6) is 0.161. The van der Waals surface area contributed by atoms with Gasteiger partial charge in [0.05, 0.1) is 11.7 Å². The lowest BCUT2D eigenvalue weighted by atomic mass is 9.99. The largest absolute Gasteiger partial charge is 0.347 e. The van der Waals surface area contributed by atoms with Gasteiger partial charge in [-0.25, -0.2) is 14.4 Å². The molecule has 0 saturated carbocycles. The Labute approximate surface area is 191 Å². The van der Waals surface area contributed by atoms with Crippen molar-refractivity contribution in [2.24, 2.45) is 0 Å². The van der Waals surface area contributed by atoms with E-state index in [0.717, 1.165) is 40.4 Å². The number of pyridine rings is 1. The minimum Gasteiger partial charge on any atom is -0.347 e. The fourth-order valence-electron chi connectivity index (χ4n) is 4.43. The van der Waals surface area contributed by atoms with Crippen molar-refractivity contribution < 1.29 is 9.18 Å². The smallest absolute Gasteiger partial charge is 0.273 e. The highest BCUT2D eigenvalue weighted by Gasteiger charge is 2.35. The molecule has 1 amide bonds. The number of benzene rings is 2. The van der Waals surface area contributed by atoms with Crippen molar-refractivity contribution in [3.8, 4) is 11.1 Å². The molecular formula is C26H24FN5O. The Balaban J connectivity index is 1.60. The van der Waals surface area contributed by atoms with Crippen molar-refractivity contribution in [2.45, 2.75) is 18.9 Å². The van der Waals surface area contributed by atoms with Crippen LogP contribution in [0.25, 0.3) is 21.9 Å². The van der Waals surface area contributed by atoms with Gasteiger partial charge in [0.15, 0.2) is 0 Å². The number of carbonyl (C=O) groups is 1. The summed E-state index contributed by atoms with van der Waals surface area (Å²) in [5.41, 5.74) is 2.84. The minimum atomic E-state index is -0.300. The summed E-state index contributed by atoms with van der Waals surface area (Å²) in [6, 6.07) is 15.8. The molecule has 0 bridgehead atoms. The first-order valence-corrected chi connectivity index (χ1v) is 11.0. The van der Waals surface area contributed by atoms with Crippen LogP contribution >= 0.6 is 0 Å². The highest BCUT2D eigenvalue weighted by Crippen LogP contribution is 2.38. The number of amides is 1. The number of likely N-dealkylation sites (tertiary alicyclic amines) is 1. The summed E-state index contributed by atoms with van der Waals surface area (Å²) >= 11 is 0. The van der Waals surface area contributed by atoms with E-state index in [1.165, 1.54) is 12.1 Å². The highest BCUT2D eigenvalue weighted by atomic mass is 19.1. The van der Waals surface area contributed by atoms with E-state index >= 15 is 0 Å². The van der Waals surface area contributed by atoms with Crippen molar-refractivity contribution in [3.05, 3.63) is 84.2 Å². The Bertz CT molecular complexity index is 1320. The van der Waals surface area contributed by atoms with E-state index in [1.807, 2.05) is 54.2 Å². The van der Waals surface area contributed by atoms with Gasteiger partial charge in [0.1, 0.15) is 11.5 Å². The molecule has 0 unspecified atom stereocenters. The first-order chi connectivity index (χ1) is 16.0. The molecule has 5 rings (SSSR count). The summed E-state index contributed by atoms with van der Waals surface area (Å²) in [4.78, 5) is 31.2. The second-order valence-corrected chi connectivity index (χ2v) is 8.41. The molecule has 0 spiro atoms. The summed E-state index contributed by atoms with van der Waals surface area (Å²) in [7, 11) is 3.77. The van der Waals surface area contributed by atoms with Gasteiger partial charge in [-0.1, -0.05) is 36.4 Å². The molecule has 3 heterocycles. The zero-order valence-corrected chi connectivity index (χ0v) is 18.6. The van der Waals surface area contributed by atoms with E-state index < -0.39 is 0 Å². The first-order valence-electron chi connectivity index (χ1n) is 11.0. The predicted octanol–water partition coefficient (Wildman–Crippen LogP) is 4.87. The maximum Gasteiger partial charge on any atom is 0.273 e. The van der Waals surface area contributed by atoms with Crippen LogP contribution in [0.5, 0.6) is 0 Å². The molecular weight excluding hydrogens is 417 g/mol. The van der Waals surface area contributed by atoms with Crippen LogP contribution in [0.4, 0.5) is 10.3 Å². The molecule has 1 aliphatic rings. The number of aromatic nitrogens is 3. The zero-order valence-electron chi connectivity index (χ0n) is 18.6. The highest BCUT2D eigenvalue weighted by molar-refractivity contribution is 6.05. The predicted molar refractivity (Wildman–Crippen MR) is 127 cm³/mol. The van der Waals surface area contributed by atoms with Crippen LogP contribution in [0.15, 0.2) is 67.0 Å². The summed E-state index contributed by atoms with van der Waals surface area (Å²) in [6.07, 6.45) is 5.10. The van der Waals surface area contributed by atoms with Crippen LogP contribution in [-0.4, -0.2) is 46.4 Å². The number of anilines is 1. The molecule has 1 saturated heterocycles. The lowest BCUT2D eigenvalue weighted by molar-refractivity contribution is 0.0729. The van der Waals surface area contributed by atoms with Gasteiger partial charge >= 0.3 is 0 Å². The van der Waals surface area contributed by atoms with Gasteiger partial charge < -0.3 is 9.80 Å². The van der Waals surface area contributed by atoms with E-state index in [-0.39, 0.29) is 17.8 Å². The maximum absolute atomic E-state index is 13.7. The Morgan fingerprint density at radius 1 is 1.06 bits per heavy atom. The van der Waals surface area contributed by atoms with E-state index in [4.69, 9.17) is 4.98 Å². The first kappa shape index (κ1) is 21.0. The molecule has 1 aliphatic heterocycles. The number of fused-ring (bicyclic) bond motifs is 1. The molecule has 4 aromatic rings. The Hall–Kier alpha value is -3.87. The molecule has 0 aliphatic carbocycles. The molecule has 33 heavy (non-hydrogen) atoms. The summed E-state index contributed by atoms with van der Waals surface area (Å²) in [5, 5.41) is 1.82. The molecule has 166 valence electrons. The van der Waals surface area contributed by atoms with Crippen LogP contribution in [0, 0.1) is 5.82 Å². The number of carbonyl (C=O) groups excluding carboxylic acids is 1. The number of rotatable bonds is 4. The van der Waals surface area contributed by atoms with Crippen molar-refractivity contribution in [3.63, 3.8) is 0 Å². The standard InChI is InChI=1S/C26H24FN5O/c1-31(2)26-29-16-21(18-9-11-19(27)12-10-18)23(30-26)22-8-5-15-32(22)25(33)24-20-7-4-3-6-17(20)13-14-28-24/h3-4,6-7,9-14,16,22H,5,8,15H2,1-2H3/t22-/m0/s1. The molecule has 2 aromatic carbocycles. The second-order valence-electron chi connectivity index (χ2n) is 8.41. The van der Waals surface area contributed by atoms with Crippen LogP contribution in [-0.2, 0) is 0 Å². The fraction of sp³-hybridized carbons (Fsp3) is 0.231. The third kappa shape index (κ3) is 3.91. The van der Waals surface area contributed by atoms with Crippen molar-refractivity contribution >= 4 is 22.6 Å². The third-order valence-corrected chi connectivity index (χ3v) is 6.07. The van der Waals surface area contributed by atoms with E-state index in [2.05, 4.69) is 9.97 Å². The van der Waals surface area contributed by atoms with Gasteiger partial charge in [-0.3, -0.25) is 9.78 Å². The average Bonchev–Trinajstić information content (AvgIpc) is 3.33. The Kier molecular flexibility index (Phi) is 5.46. The Morgan fingerprint density at radius 2 is 1.85 bits per heavy atom. The average molecular weight is 442 g/mol. The van der Waals surface area contributed by atoms with Gasteiger partial charge in [-0.05, 0) is 42.0 Å². The van der Waals surface area contributed by atoms with Gasteiger partial charge in [0, 0.05) is 44.0 Å². The van der Waals surface area contributed by atoms with Gasteiger partial charge in [0.25, 0.3) is 5.91 Å². The van der Waals surface area contributed by atoms with Crippen molar-refractivity contribution in [1.29, 1.82) is 0 Å². The third-order valence-electron chi connectivity index (χ3n) is 6.07. The SMILES string of the molecule is CN(C)c1ncc(-c2ccc(F)cc2)c([C@@H]2CCCN2C(=O)c2nccc3ccccc23)n1. The van der Waals surface area contributed by atoms with Crippen LogP contribution in [0.2, 0.25) is 0 Å². The maximum atomic E-state index is 13.7. The molecule has 1 atom stereocenters. The number of hydrogen-bond acceptors (Lipinski definition) is 5. The summed E-state index contributed by atoms with van der Waals surface area (Å²) in [6.45, 7) is 0.624. The molecule has 0 N–H and O–H groups in total. The van der Waals surface area contributed by atoms with Crippen LogP contribution in [0.3, 0.4) is 0 Å². The summed E-state index contributed by atoms with van der Waals surface area (Å²) < 4.78 is 13.6. The van der Waals surface area contributed by atoms with Gasteiger partial charge in [-0.2, -0.15) is 0 Å². The quantitative estimate of drug-likeness (QED) is 0.452. The minimum absolute atomic E-state index is 0.107. The molecule has 2 aromatic heterocycles. The van der Waals surface area contributed by atoms with E-state index in [9.17, 15) is 9.18 Å². The lowest BCUT2D eigenvalue weighted by Crippen LogP contribution is -2.32. The molecule has 0 radical (unpaired) electrons. The molecule has 7 heteroatoms. The monoisotopic (exact) mass is 441 g/mol. The van der Waals surface area contributed by atoms with Crippen molar-refractivity contribution in [2.75, 3.05) is 25.5 Å². The van der Waals surface area contributed by atoms with E-state index in [0.29, 0.717) is 18.2 Å². The molecule has 1 fully saturated rings. The number of nitrogens with zero attached hydrogens (tertiary/aromatic N) is 5. The number of halogens is 1. The van der Waals surface area contributed by atoms with Gasteiger partial charge in [-0.15, -0.1) is 0 Å². The molecule has 6 nitrogen and oxygen atoms in total. The van der Waals surface area contributed by atoms with Gasteiger partial charge in [0.2, 0.25) is 5.95 Å². The van der Waals surface area contributed by atoms with E-state index in [1.54, 1.807) is 24.5 Å². The Morgan fingerprint density at radius 3 is 2.64 bits per heavy atom. The van der Waals surface area contributed by atoms with Crippen LogP contribution < -0.4 is 4.90 Å². The fourth-order valence-corrected chi connectivity index (χ4v) is 4.43. The number of hydrogen-bond donors (Lipinski definition) is 0. The normalized spacial score (nSPS) is 15.7. The lowest BCUT2D eigenvalue weighted by Gasteiger charge is -2.27. The van der Waals surface area contributed by atoms with Crippen molar-refractivity contribution in [1.82, 2.24) is 19.9 Å². The van der Waals surface area contributed by atoms with Crippen LogP contribution in [0.1, 0.15) is 35.1 Å². The topological polar surface area (TPSA) is 62.2 Å². The zero-order chi connectivity index (χ0) is 22.9.